The van der Waals surface area contributed by atoms with E-state index in [9.17, 15) is 13.2 Å². The molecule has 0 saturated carbocycles. The van der Waals surface area contributed by atoms with Crippen molar-refractivity contribution in [2.24, 2.45) is 0 Å². The van der Waals surface area contributed by atoms with Gasteiger partial charge in [0.15, 0.2) is 0 Å². The summed E-state index contributed by atoms with van der Waals surface area (Å²) in [6.45, 7) is 3.55. The number of benzene rings is 2. The van der Waals surface area contributed by atoms with Gasteiger partial charge >= 0.3 is 0 Å². The number of aromatic nitrogens is 2. The molecule has 0 saturated heterocycles. The van der Waals surface area contributed by atoms with Crippen LogP contribution in [0.2, 0.25) is 0 Å². The summed E-state index contributed by atoms with van der Waals surface area (Å²) in [4.78, 5) is 18.5. The first-order valence-corrected chi connectivity index (χ1v) is 10.7. The molecule has 7 nitrogen and oxygen atoms in total. The monoisotopic (exact) mass is 400 g/mol. The van der Waals surface area contributed by atoms with Crippen LogP contribution in [-0.2, 0) is 21.2 Å². The molecule has 148 valence electrons. The Morgan fingerprint density at radius 1 is 1.11 bits per heavy atom. The zero-order chi connectivity index (χ0) is 20.1. The number of imidazole rings is 1. The normalized spacial score (nSPS) is 11.5. The van der Waals surface area contributed by atoms with E-state index in [-0.39, 0.29) is 10.8 Å². The largest absolute Gasteiger partial charge is 0.324 e. The number of nitrogens with zero attached hydrogens (tertiary/aromatic N) is 1. The first-order chi connectivity index (χ1) is 13.4. The topological polar surface area (TPSA) is 104 Å². The fourth-order valence-corrected chi connectivity index (χ4v) is 3.98. The number of sulfonamides is 1. The molecule has 1 aromatic heterocycles. The van der Waals surface area contributed by atoms with Crippen LogP contribution < -0.4 is 10.0 Å². The third kappa shape index (κ3) is 4.89. The Morgan fingerprint density at radius 2 is 1.86 bits per heavy atom. The molecule has 28 heavy (non-hydrogen) atoms. The lowest BCUT2D eigenvalue weighted by molar-refractivity contribution is -0.114. The second-order valence-corrected chi connectivity index (χ2v) is 8.39. The van der Waals surface area contributed by atoms with Crippen molar-refractivity contribution < 1.29 is 13.2 Å². The number of hydrogen-bond donors (Lipinski definition) is 3. The van der Waals surface area contributed by atoms with Gasteiger partial charge in [0, 0.05) is 6.92 Å². The molecule has 3 N–H and O–H groups in total. The number of aryl methyl sites for hydroxylation is 1. The molecular formula is C20H24N4O3S. The molecule has 3 rings (SSSR count). The number of rotatable bonds is 8. The molecule has 2 aromatic carbocycles. The van der Waals surface area contributed by atoms with Crippen molar-refractivity contribution in [1.82, 2.24) is 9.97 Å². The standard InChI is InChI=1S/C20H24N4O3S/c1-3-4-5-6-15-7-10-17(11-8-15)28(26,27)24-16-9-12-18-19(13-16)23-20(22-18)21-14(2)25/h7-13,24H,3-6H2,1-2H3,(H2,21,22,23,25). The van der Waals surface area contributed by atoms with Gasteiger partial charge in [0.2, 0.25) is 11.9 Å². The van der Waals surface area contributed by atoms with Crippen LogP contribution in [0.15, 0.2) is 47.4 Å². The number of anilines is 2. The van der Waals surface area contributed by atoms with Crippen molar-refractivity contribution in [3.05, 3.63) is 48.0 Å². The second kappa shape index (κ2) is 8.43. The van der Waals surface area contributed by atoms with E-state index in [2.05, 4.69) is 26.9 Å². The number of fused-ring (bicyclic) bond motifs is 1. The summed E-state index contributed by atoms with van der Waals surface area (Å²) in [6.07, 6.45) is 4.38. The zero-order valence-corrected chi connectivity index (χ0v) is 16.8. The average Bonchev–Trinajstić information content (AvgIpc) is 3.02. The Balaban J connectivity index is 1.75. The predicted octanol–water partition coefficient (Wildman–Crippen LogP) is 4.05. The van der Waals surface area contributed by atoms with Crippen molar-refractivity contribution in [2.75, 3.05) is 10.0 Å². The summed E-state index contributed by atoms with van der Waals surface area (Å²) >= 11 is 0. The number of aromatic amines is 1. The lowest BCUT2D eigenvalue weighted by Crippen LogP contribution is -2.12. The third-order valence-corrected chi connectivity index (χ3v) is 5.73. The first-order valence-electron chi connectivity index (χ1n) is 9.26. The maximum Gasteiger partial charge on any atom is 0.261 e. The Kier molecular flexibility index (Phi) is 5.99. The van der Waals surface area contributed by atoms with Crippen LogP contribution in [0.25, 0.3) is 11.0 Å². The number of carbonyl (C=O) groups is 1. The van der Waals surface area contributed by atoms with Crippen LogP contribution in [0.5, 0.6) is 0 Å². The van der Waals surface area contributed by atoms with Crippen LogP contribution in [0.1, 0.15) is 38.7 Å². The zero-order valence-electron chi connectivity index (χ0n) is 16.0. The van der Waals surface area contributed by atoms with Gasteiger partial charge in [0.25, 0.3) is 10.0 Å². The fraction of sp³-hybridized carbons (Fsp3) is 0.300. The highest BCUT2D eigenvalue weighted by molar-refractivity contribution is 7.92. The number of carbonyl (C=O) groups excluding carboxylic acids is 1. The van der Waals surface area contributed by atoms with Crippen molar-refractivity contribution >= 4 is 38.6 Å². The fourth-order valence-electron chi connectivity index (χ4n) is 2.93. The van der Waals surface area contributed by atoms with E-state index in [0.717, 1.165) is 24.8 Å². The number of nitrogens with one attached hydrogen (secondary N) is 3. The predicted molar refractivity (Wildman–Crippen MR) is 111 cm³/mol. The molecule has 0 bridgehead atoms. The Hall–Kier alpha value is -2.87. The molecule has 0 atom stereocenters. The molecule has 0 aliphatic carbocycles. The molecule has 0 aliphatic heterocycles. The summed E-state index contributed by atoms with van der Waals surface area (Å²) in [7, 11) is -3.69. The van der Waals surface area contributed by atoms with Gasteiger partial charge in [0.1, 0.15) is 0 Å². The average molecular weight is 401 g/mol. The van der Waals surface area contributed by atoms with E-state index in [0.29, 0.717) is 22.7 Å². The highest BCUT2D eigenvalue weighted by Crippen LogP contribution is 2.22. The van der Waals surface area contributed by atoms with Crippen molar-refractivity contribution in [3.8, 4) is 0 Å². The lowest BCUT2D eigenvalue weighted by Gasteiger charge is -2.09. The Labute approximate surface area is 164 Å². The maximum absolute atomic E-state index is 12.7. The maximum atomic E-state index is 12.7. The summed E-state index contributed by atoms with van der Waals surface area (Å²) in [5, 5.41) is 2.57. The van der Waals surface area contributed by atoms with Gasteiger partial charge in [-0.05, 0) is 48.7 Å². The quantitative estimate of drug-likeness (QED) is 0.496. The molecule has 0 spiro atoms. The third-order valence-electron chi connectivity index (χ3n) is 4.33. The van der Waals surface area contributed by atoms with E-state index in [1.54, 1.807) is 30.3 Å². The van der Waals surface area contributed by atoms with Gasteiger partial charge in [0.05, 0.1) is 21.6 Å². The minimum Gasteiger partial charge on any atom is -0.324 e. The minimum atomic E-state index is -3.69. The van der Waals surface area contributed by atoms with Gasteiger partial charge in [-0.15, -0.1) is 0 Å². The smallest absolute Gasteiger partial charge is 0.261 e. The minimum absolute atomic E-state index is 0.218. The molecule has 0 unspecified atom stereocenters. The second-order valence-electron chi connectivity index (χ2n) is 6.71. The molecule has 0 fully saturated rings. The first kappa shape index (κ1) is 19.9. The number of amides is 1. The lowest BCUT2D eigenvalue weighted by atomic mass is 10.1. The highest BCUT2D eigenvalue weighted by Gasteiger charge is 2.15. The van der Waals surface area contributed by atoms with E-state index < -0.39 is 10.0 Å². The summed E-state index contributed by atoms with van der Waals surface area (Å²) in [6, 6.07) is 12.0. The van der Waals surface area contributed by atoms with Gasteiger partial charge in [-0.25, -0.2) is 13.4 Å². The molecule has 0 aliphatic rings. The Bertz CT molecular complexity index is 1070. The van der Waals surface area contributed by atoms with Crippen molar-refractivity contribution in [2.45, 2.75) is 44.4 Å². The summed E-state index contributed by atoms with van der Waals surface area (Å²) in [5.74, 6) is 0.0827. The molecular weight excluding hydrogens is 376 g/mol. The number of unbranched alkanes of at least 4 members (excludes halogenated alkanes) is 2. The summed E-state index contributed by atoms with van der Waals surface area (Å²) < 4.78 is 27.9. The van der Waals surface area contributed by atoms with Crippen LogP contribution in [0.3, 0.4) is 0 Å². The van der Waals surface area contributed by atoms with Crippen LogP contribution >= 0.6 is 0 Å². The van der Waals surface area contributed by atoms with Crippen LogP contribution in [0, 0.1) is 0 Å². The van der Waals surface area contributed by atoms with E-state index >= 15 is 0 Å². The van der Waals surface area contributed by atoms with Crippen LogP contribution in [0.4, 0.5) is 11.6 Å². The number of H-pyrrole nitrogens is 1. The molecule has 3 aromatic rings. The number of hydrogen-bond acceptors (Lipinski definition) is 4. The van der Waals surface area contributed by atoms with E-state index in [1.165, 1.54) is 13.3 Å². The summed E-state index contributed by atoms with van der Waals surface area (Å²) in [5.41, 5.74) is 2.80. The SMILES string of the molecule is CCCCCc1ccc(S(=O)(=O)Nc2ccc3nc(NC(C)=O)[nH]c3c2)cc1. The van der Waals surface area contributed by atoms with Gasteiger partial charge in [-0.3, -0.25) is 14.8 Å². The highest BCUT2D eigenvalue weighted by atomic mass is 32.2. The van der Waals surface area contributed by atoms with E-state index in [4.69, 9.17) is 0 Å². The van der Waals surface area contributed by atoms with Gasteiger partial charge < -0.3 is 4.98 Å². The molecule has 8 heteroatoms. The Morgan fingerprint density at radius 3 is 2.54 bits per heavy atom. The van der Waals surface area contributed by atoms with E-state index in [1.807, 2.05) is 12.1 Å². The molecule has 0 radical (unpaired) electrons. The van der Waals surface area contributed by atoms with Gasteiger partial charge in [-0.2, -0.15) is 0 Å². The molecule has 1 amide bonds. The van der Waals surface area contributed by atoms with Gasteiger partial charge in [-0.1, -0.05) is 31.9 Å². The molecule has 1 heterocycles. The van der Waals surface area contributed by atoms with Crippen molar-refractivity contribution in [3.63, 3.8) is 0 Å². The van der Waals surface area contributed by atoms with Crippen LogP contribution in [-0.4, -0.2) is 24.3 Å². The van der Waals surface area contributed by atoms with Crippen molar-refractivity contribution in [1.29, 1.82) is 0 Å².